The number of piperidine rings is 1. The monoisotopic (exact) mass is 360 g/mol. The summed E-state index contributed by atoms with van der Waals surface area (Å²) in [6.07, 6.45) is 3.50. The first-order chi connectivity index (χ1) is 12.5. The summed E-state index contributed by atoms with van der Waals surface area (Å²) < 4.78 is 5.80. The quantitative estimate of drug-likeness (QED) is 0.583. The van der Waals surface area contributed by atoms with Gasteiger partial charge in [0.2, 0.25) is 17.7 Å². The maximum absolute atomic E-state index is 12.0. The van der Waals surface area contributed by atoms with E-state index >= 15 is 0 Å². The van der Waals surface area contributed by atoms with Gasteiger partial charge in [-0.1, -0.05) is 0 Å². The molecule has 3 atom stereocenters. The van der Waals surface area contributed by atoms with Crippen LogP contribution in [0.3, 0.4) is 0 Å². The molecule has 0 aromatic carbocycles. The van der Waals surface area contributed by atoms with E-state index in [4.69, 9.17) is 4.74 Å². The van der Waals surface area contributed by atoms with Crippen molar-refractivity contribution >= 4 is 11.8 Å². The summed E-state index contributed by atoms with van der Waals surface area (Å²) in [5.74, 6) is -0.206. The molecule has 1 aromatic heterocycles. The van der Waals surface area contributed by atoms with Gasteiger partial charge in [0, 0.05) is 50.4 Å². The van der Waals surface area contributed by atoms with Crippen LogP contribution in [0.1, 0.15) is 44.6 Å². The topological polar surface area (TPSA) is 83.6 Å². The van der Waals surface area contributed by atoms with Crippen molar-refractivity contribution in [3.63, 3.8) is 0 Å². The highest BCUT2D eigenvalue weighted by atomic mass is 16.5. The van der Waals surface area contributed by atoms with E-state index < -0.39 is 0 Å². The van der Waals surface area contributed by atoms with Crippen LogP contribution in [-0.4, -0.2) is 60.0 Å². The van der Waals surface area contributed by atoms with Crippen molar-refractivity contribution in [2.45, 2.75) is 51.1 Å². The van der Waals surface area contributed by atoms with Crippen LogP contribution in [0.4, 0.5) is 0 Å². The lowest BCUT2D eigenvalue weighted by molar-refractivity contribution is -0.134. The van der Waals surface area contributed by atoms with Gasteiger partial charge in [0.05, 0.1) is 12.5 Å². The number of hydrogen-bond donors (Lipinski definition) is 2. The number of nitrogens with one attached hydrogen (secondary N) is 2. The third kappa shape index (κ3) is 4.59. The van der Waals surface area contributed by atoms with Gasteiger partial charge in [-0.2, -0.15) is 0 Å². The zero-order chi connectivity index (χ0) is 18.5. The summed E-state index contributed by atoms with van der Waals surface area (Å²) in [6.45, 7) is 8.14. The van der Waals surface area contributed by atoms with Crippen LogP contribution in [0.15, 0.2) is 18.3 Å². The van der Waals surface area contributed by atoms with E-state index in [1.807, 2.05) is 12.1 Å². The largest absolute Gasteiger partial charge is 0.478 e. The lowest BCUT2D eigenvalue weighted by Gasteiger charge is -2.39. The number of pyridine rings is 1. The van der Waals surface area contributed by atoms with Crippen LogP contribution >= 0.6 is 0 Å². The fourth-order valence-electron chi connectivity index (χ4n) is 3.77. The van der Waals surface area contributed by atoms with Gasteiger partial charge < -0.3 is 10.1 Å². The minimum absolute atomic E-state index is 0.201. The second-order valence-electron chi connectivity index (χ2n) is 7.23. The molecule has 0 bridgehead atoms. The van der Waals surface area contributed by atoms with Crippen LogP contribution in [0.25, 0.3) is 0 Å². The minimum atomic E-state index is -0.305. The molecule has 3 heterocycles. The van der Waals surface area contributed by atoms with Gasteiger partial charge in [-0.25, -0.2) is 4.98 Å². The van der Waals surface area contributed by atoms with Gasteiger partial charge in [0.15, 0.2) is 0 Å². The second kappa shape index (κ2) is 8.60. The summed E-state index contributed by atoms with van der Waals surface area (Å²) in [7, 11) is 0. The molecule has 0 radical (unpaired) electrons. The number of carbonyl (C=O) groups is 2. The van der Waals surface area contributed by atoms with Gasteiger partial charge in [-0.3, -0.25) is 19.8 Å². The number of hydrogen-bond acceptors (Lipinski definition) is 6. The van der Waals surface area contributed by atoms with E-state index in [9.17, 15) is 9.59 Å². The van der Waals surface area contributed by atoms with E-state index in [1.54, 1.807) is 6.20 Å². The summed E-state index contributed by atoms with van der Waals surface area (Å²) in [6, 6.07) is 4.70. The molecule has 1 aromatic rings. The zero-order valence-corrected chi connectivity index (χ0v) is 15.5. The molecule has 7 heteroatoms. The lowest BCUT2D eigenvalue weighted by Crippen LogP contribution is -2.55. The molecule has 142 valence electrons. The van der Waals surface area contributed by atoms with E-state index in [2.05, 4.69) is 34.4 Å². The molecule has 0 aliphatic carbocycles. The summed E-state index contributed by atoms with van der Waals surface area (Å²) in [4.78, 5) is 30.1. The number of carbonyl (C=O) groups excluding carboxylic acids is 2. The van der Waals surface area contributed by atoms with Gasteiger partial charge in [0.25, 0.3) is 0 Å². The highest BCUT2D eigenvalue weighted by Gasteiger charge is 2.28. The van der Waals surface area contributed by atoms with Crippen LogP contribution in [0.5, 0.6) is 5.88 Å². The Balaban J connectivity index is 1.50. The highest BCUT2D eigenvalue weighted by molar-refractivity contribution is 6.00. The number of ether oxygens (including phenoxy) is 1. The van der Waals surface area contributed by atoms with E-state index in [-0.39, 0.29) is 17.7 Å². The number of imide groups is 1. The zero-order valence-electron chi connectivity index (χ0n) is 15.5. The normalized spacial score (nSPS) is 27.2. The first-order valence-corrected chi connectivity index (χ1v) is 9.43. The van der Waals surface area contributed by atoms with E-state index in [0.29, 0.717) is 37.4 Å². The Hall–Kier alpha value is -1.99. The first-order valence-electron chi connectivity index (χ1n) is 9.43. The molecule has 26 heavy (non-hydrogen) atoms. The molecule has 0 saturated carbocycles. The number of aromatic nitrogens is 1. The summed E-state index contributed by atoms with van der Waals surface area (Å²) >= 11 is 0. The van der Waals surface area contributed by atoms with Crippen LogP contribution in [0.2, 0.25) is 0 Å². The predicted octanol–water partition coefficient (Wildman–Crippen LogP) is 1.05. The molecule has 0 spiro atoms. The van der Waals surface area contributed by atoms with Gasteiger partial charge in [-0.15, -0.1) is 0 Å². The maximum atomic E-state index is 12.0. The van der Waals surface area contributed by atoms with Crippen molar-refractivity contribution in [2.75, 3.05) is 26.2 Å². The van der Waals surface area contributed by atoms with E-state index in [0.717, 1.165) is 31.6 Å². The Bertz CT molecular complexity index is 641. The lowest BCUT2D eigenvalue weighted by atomic mass is 9.91. The molecule has 2 saturated heterocycles. The fraction of sp³-hybridized carbons (Fsp3) is 0.632. The third-order valence-electron chi connectivity index (χ3n) is 5.22. The second-order valence-corrected chi connectivity index (χ2v) is 7.23. The summed E-state index contributed by atoms with van der Waals surface area (Å²) in [5, 5.41) is 5.83. The maximum Gasteiger partial charge on any atom is 0.234 e. The van der Waals surface area contributed by atoms with Gasteiger partial charge in [0.1, 0.15) is 0 Å². The number of nitrogens with zero attached hydrogens (tertiary/aromatic N) is 2. The molecule has 2 aliphatic heterocycles. The van der Waals surface area contributed by atoms with Crippen molar-refractivity contribution in [1.29, 1.82) is 0 Å². The fourth-order valence-corrected chi connectivity index (χ4v) is 3.77. The molecule has 2 N–H and O–H groups in total. The Morgan fingerprint density at radius 1 is 1.27 bits per heavy atom. The van der Waals surface area contributed by atoms with Crippen molar-refractivity contribution in [3.05, 3.63) is 23.9 Å². The molecule has 2 aliphatic rings. The molecule has 7 nitrogen and oxygen atoms in total. The smallest absolute Gasteiger partial charge is 0.234 e. The van der Waals surface area contributed by atoms with Crippen LogP contribution < -0.4 is 15.4 Å². The SMILES string of the molecule is C[C@@H]1CNC[C@H](C)N1CCCOc1cc(C2CCC(=O)NC2=O)ccn1. The average Bonchev–Trinajstić information content (AvgIpc) is 2.61. The van der Waals surface area contributed by atoms with Crippen molar-refractivity contribution < 1.29 is 14.3 Å². The number of rotatable bonds is 6. The highest BCUT2D eigenvalue weighted by Crippen LogP contribution is 2.26. The Morgan fingerprint density at radius 2 is 2.04 bits per heavy atom. The average molecular weight is 360 g/mol. The summed E-state index contributed by atoms with van der Waals surface area (Å²) in [5.41, 5.74) is 0.851. The van der Waals surface area contributed by atoms with E-state index in [1.165, 1.54) is 0 Å². The Labute approximate surface area is 154 Å². The Morgan fingerprint density at radius 3 is 2.77 bits per heavy atom. The van der Waals surface area contributed by atoms with Crippen molar-refractivity contribution in [3.8, 4) is 5.88 Å². The third-order valence-corrected chi connectivity index (χ3v) is 5.22. The van der Waals surface area contributed by atoms with Crippen LogP contribution in [-0.2, 0) is 9.59 Å². The van der Waals surface area contributed by atoms with Gasteiger partial charge >= 0.3 is 0 Å². The van der Waals surface area contributed by atoms with Crippen molar-refractivity contribution in [1.82, 2.24) is 20.5 Å². The van der Waals surface area contributed by atoms with Crippen molar-refractivity contribution in [2.24, 2.45) is 0 Å². The molecule has 1 unspecified atom stereocenters. The van der Waals surface area contributed by atoms with Gasteiger partial charge in [-0.05, 0) is 38.3 Å². The molecule has 3 rings (SSSR count). The minimum Gasteiger partial charge on any atom is -0.478 e. The predicted molar refractivity (Wildman–Crippen MR) is 98.0 cm³/mol. The molecule has 2 amide bonds. The molecular weight excluding hydrogens is 332 g/mol. The standard InChI is InChI=1S/C19H28N4O3/c1-13-11-20-12-14(2)23(13)8-3-9-26-18-10-15(6-7-21-18)16-4-5-17(24)22-19(16)25/h6-7,10,13-14,16,20H,3-5,8-9,11-12H2,1-2H3,(H,22,24,25)/t13-,14+,16?. The first kappa shape index (κ1) is 18.8. The number of amides is 2. The van der Waals surface area contributed by atoms with Crippen LogP contribution in [0, 0.1) is 0 Å². The number of piperazine rings is 1. The molecule has 2 fully saturated rings. The molecular formula is C19H28N4O3. The Kier molecular flexibility index (Phi) is 6.21.